The summed E-state index contributed by atoms with van der Waals surface area (Å²) in [5.74, 6) is -1.38. The van der Waals surface area contributed by atoms with Gasteiger partial charge in [0.05, 0.1) is 5.69 Å². The lowest BCUT2D eigenvalue weighted by Gasteiger charge is -2.16. The molecule has 1 aromatic carbocycles. The molecule has 0 aliphatic rings. The van der Waals surface area contributed by atoms with E-state index < -0.39 is 28.9 Å². The monoisotopic (exact) mass is 403 g/mol. The molecule has 0 aliphatic heterocycles. The lowest BCUT2D eigenvalue weighted by molar-refractivity contribution is -0.0589. The average molecular weight is 403 g/mol. The minimum Gasteiger partial charge on any atom is -0.493 e. The van der Waals surface area contributed by atoms with Crippen molar-refractivity contribution in [2.75, 3.05) is 5.73 Å². The first kappa shape index (κ1) is 20.1. The molecule has 10 heteroatoms. The summed E-state index contributed by atoms with van der Waals surface area (Å²) in [4.78, 5) is 20.6. The number of halogens is 3. The van der Waals surface area contributed by atoms with Gasteiger partial charge in [0.25, 0.3) is 5.56 Å². The van der Waals surface area contributed by atoms with E-state index in [1.807, 2.05) is 0 Å². The number of benzene rings is 1. The van der Waals surface area contributed by atoms with Crippen molar-refractivity contribution in [2.45, 2.75) is 19.1 Å². The van der Waals surface area contributed by atoms with Crippen molar-refractivity contribution in [3.05, 3.63) is 70.1 Å². The van der Waals surface area contributed by atoms with Crippen molar-refractivity contribution >= 4 is 11.4 Å². The summed E-state index contributed by atoms with van der Waals surface area (Å²) in [5.41, 5.74) is 2.49. The average Bonchev–Trinajstić information content (AvgIpc) is 2.67. The van der Waals surface area contributed by atoms with Crippen LogP contribution in [0.2, 0.25) is 0 Å². The van der Waals surface area contributed by atoms with E-state index in [1.54, 1.807) is 36.4 Å². The van der Waals surface area contributed by atoms with Gasteiger partial charge >= 0.3 is 6.18 Å². The Balaban J connectivity index is 2.19. The highest BCUT2D eigenvalue weighted by atomic mass is 19.4. The lowest BCUT2D eigenvalue weighted by atomic mass is 10.1. The quantitative estimate of drug-likeness (QED) is 0.566. The van der Waals surface area contributed by atoms with Gasteiger partial charge in [-0.1, -0.05) is 30.3 Å². The minimum atomic E-state index is -5.12. The van der Waals surface area contributed by atoms with Gasteiger partial charge < -0.3 is 10.8 Å². The van der Waals surface area contributed by atoms with E-state index in [2.05, 4.69) is 9.97 Å². The predicted octanol–water partition coefficient (Wildman–Crippen LogP) is 2.77. The lowest BCUT2D eigenvalue weighted by Crippen LogP contribution is -2.35. The molecule has 0 saturated heterocycles. The summed E-state index contributed by atoms with van der Waals surface area (Å²) < 4.78 is 40.0. The second-order valence-corrected chi connectivity index (χ2v) is 6.14. The zero-order valence-electron chi connectivity index (χ0n) is 14.9. The van der Waals surface area contributed by atoms with Crippen molar-refractivity contribution in [1.82, 2.24) is 14.5 Å². The Hall–Kier alpha value is -3.69. The SMILES string of the molecule is N=C(c1c(O)nc(-c2ncccc2N)n(CCc2ccccc2)c1=O)C(F)(F)F. The number of nitrogens with two attached hydrogens (primary N) is 1. The number of nitrogen functional groups attached to an aromatic ring is 1. The summed E-state index contributed by atoms with van der Waals surface area (Å²) in [6.07, 6.45) is -3.45. The fourth-order valence-electron chi connectivity index (χ4n) is 2.78. The molecule has 3 rings (SSSR count). The summed E-state index contributed by atoms with van der Waals surface area (Å²) in [5, 5.41) is 17.3. The van der Waals surface area contributed by atoms with Gasteiger partial charge in [-0.3, -0.25) is 19.8 Å². The maximum absolute atomic E-state index is 13.0. The van der Waals surface area contributed by atoms with Crippen LogP contribution >= 0.6 is 0 Å². The van der Waals surface area contributed by atoms with Gasteiger partial charge in [-0.25, -0.2) is 0 Å². The first-order valence-electron chi connectivity index (χ1n) is 8.45. The molecule has 0 spiro atoms. The van der Waals surface area contributed by atoms with Crippen molar-refractivity contribution in [1.29, 1.82) is 5.41 Å². The number of aromatic nitrogens is 3. The minimum absolute atomic E-state index is 0.0399. The van der Waals surface area contributed by atoms with E-state index in [-0.39, 0.29) is 23.8 Å². The molecular formula is C19H16F3N5O2. The maximum Gasteiger partial charge on any atom is 0.433 e. The van der Waals surface area contributed by atoms with E-state index >= 15 is 0 Å². The molecule has 0 unspecified atom stereocenters. The van der Waals surface area contributed by atoms with Crippen molar-refractivity contribution in [3.63, 3.8) is 0 Å². The Morgan fingerprint density at radius 3 is 2.48 bits per heavy atom. The van der Waals surface area contributed by atoms with Gasteiger partial charge in [-0.05, 0) is 24.1 Å². The Morgan fingerprint density at radius 1 is 1.17 bits per heavy atom. The third-order valence-corrected chi connectivity index (χ3v) is 4.20. The van der Waals surface area contributed by atoms with Crippen LogP contribution in [0.5, 0.6) is 5.88 Å². The highest BCUT2D eigenvalue weighted by Gasteiger charge is 2.40. The topological polar surface area (TPSA) is 118 Å². The second kappa shape index (κ2) is 7.74. The van der Waals surface area contributed by atoms with E-state index in [0.717, 1.165) is 10.1 Å². The molecule has 0 atom stereocenters. The molecule has 0 amide bonds. The standard InChI is InChI=1S/C19H16F3N5O2/c20-19(21,22)15(24)13-17(28)26-16(14-12(23)7-4-9-25-14)27(18(13)29)10-8-11-5-2-1-3-6-11/h1-7,9,24,28H,8,10,23H2. The molecule has 150 valence electrons. The molecule has 0 aliphatic carbocycles. The molecule has 0 saturated carbocycles. The van der Waals surface area contributed by atoms with E-state index in [0.29, 0.717) is 6.42 Å². The van der Waals surface area contributed by atoms with E-state index in [1.165, 1.54) is 12.3 Å². The predicted molar refractivity (Wildman–Crippen MR) is 101 cm³/mol. The molecule has 0 radical (unpaired) electrons. The van der Waals surface area contributed by atoms with E-state index in [9.17, 15) is 23.1 Å². The van der Waals surface area contributed by atoms with Crippen LogP contribution in [-0.4, -0.2) is 31.5 Å². The van der Waals surface area contributed by atoms with Gasteiger partial charge in [0.2, 0.25) is 5.88 Å². The van der Waals surface area contributed by atoms with Gasteiger partial charge in [-0.15, -0.1) is 0 Å². The Kier molecular flexibility index (Phi) is 5.35. The second-order valence-electron chi connectivity index (χ2n) is 6.14. The Labute approximate surface area is 162 Å². The van der Waals surface area contributed by atoms with Crippen LogP contribution in [0.4, 0.5) is 18.9 Å². The number of nitrogens with one attached hydrogen (secondary N) is 1. The van der Waals surface area contributed by atoms with Crippen molar-refractivity contribution in [3.8, 4) is 17.4 Å². The normalized spacial score (nSPS) is 11.4. The smallest absolute Gasteiger partial charge is 0.433 e. The molecule has 7 nitrogen and oxygen atoms in total. The van der Waals surface area contributed by atoms with Crippen LogP contribution in [-0.2, 0) is 13.0 Å². The highest BCUT2D eigenvalue weighted by molar-refractivity contribution is 6.03. The fourth-order valence-corrected chi connectivity index (χ4v) is 2.78. The number of pyridine rings is 1. The van der Waals surface area contributed by atoms with Gasteiger partial charge in [0, 0.05) is 12.7 Å². The molecule has 3 aromatic rings. The van der Waals surface area contributed by atoms with Crippen LogP contribution in [0.1, 0.15) is 11.1 Å². The fraction of sp³-hybridized carbons (Fsp3) is 0.158. The van der Waals surface area contributed by atoms with Gasteiger partial charge in [-0.2, -0.15) is 18.2 Å². The number of hydrogen-bond donors (Lipinski definition) is 3. The molecule has 0 bridgehead atoms. The molecule has 2 aromatic heterocycles. The molecule has 2 heterocycles. The first-order valence-corrected chi connectivity index (χ1v) is 8.45. The summed E-state index contributed by atoms with van der Waals surface area (Å²) in [6, 6.07) is 12.0. The zero-order chi connectivity index (χ0) is 21.2. The number of aryl methyl sites for hydroxylation is 1. The number of nitrogens with zero attached hydrogens (tertiary/aromatic N) is 3. The summed E-state index contributed by atoms with van der Waals surface area (Å²) in [6.45, 7) is -0.0559. The van der Waals surface area contributed by atoms with Crippen LogP contribution < -0.4 is 11.3 Å². The van der Waals surface area contributed by atoms with E-state index in [4.69, 9.17) is 11.1 Å². The number of anilines is 1. The van der Waals surface area contributed by atoms with Crippen LogP contribution in [0.15, 0.2) is 53.5 Å². The zero-order valence-corrected chi connectivity index (χ0v) is 14.9. The Bertz CT molecular complexity index is 1110. The number of hydrogen-bond acceptors (Lipinski definition) is 6. The molecular weight excluding hydrogens is 387 g/mol. The third kappa shape index (κ3) is 4.10. The highest BCUT2D eigenvalue weighted by Crippen LogP contribution is 2.27. The first-order chi connectivity index (χ1) is 13.7. The summed E-state index contributed by atoms with van der Waals surface area (Å²) in [7, 11) is 0. The van der Waals surface area contributed by atoms with Gasteiger partial charge in [0.1, 0.15) is 11.3 Å². The Morgan fingerprint density at radius 2 is 1.86 bits per heavy atom. The molecule has 29 heavy (non-hydrogen) atoms. The third-order valence-electron chi connectivity index (χ3n) is 4.20. The van der Waals surface area contributed by atoms with Crippen molar-refractivity contribution < 1.29 is 18.3 Å². The van der Waals surface area contributed by atoms with Crippen LogP contribution in [0, 0.1) is 5.41 Å². The van der Waals surface area contributed by atoms with Crippen LogP contribution in [0.25, 0.3) is 11.5 Å². The number of rotatable bonds is 5. The maximum atomic E-state index is 13.0. The van der Waals surface area contributed by atoms with Crippen molar-refractivity contribution in [2.24, 2.45) is 0 Å². The molecule has 0 fully saturated rings. The number of aromatic hydroxyl groups is 1. The number of alkyl halides is 3. The van der Waals surface area contributed by atoms with Crippen LogP contribution in [0.3, 0.4) is 0 Å². The summed E-state index contributed by atoms with van der Waals surface area (Å²) >= 11 is 0. The molecule has 4 N–H and O–H groups in total. The largest absolute Gasteiger partial charge is 0.493 e. The van der Waals surface area contributed by atoms with Gasteiger partial charge in [0.15, 0.2) is 11.5 Å².